The maximum atomic E-state index is 12.9. The number of halogens is 1. The molecule has 2 aromatic carbocycles. The number of nitrogens with zero attached hydrogens (tertiary/aromatic N) is 3. The molecule has 4 rings (SSSR count). The maximum Gasteiger partial charge on any atom is 0.277 e. The summed E-state index contributed by atoms with van der Waals surface area (Å²) in [7, 11) is 3.05. The van der Waals surface area contributed by atoms with Gasteiger partial charge in [0.25, 0.3) is 5.56 Å². The molecule has 9 heteroatoms. The van der Waals surface area contributed by atoms with Gasteiger partial charge >= 0.3 is 0 Å². The van der Waals surface area contributed by atoms with Crippen LogP contribution < -0.4 is 20.3 Å². The number of hydrogen-bond acceptors (Lipinski definition) is 5. The minimum Gasteiger partial charge on any atom is -0.497 e. The van der Waals surface area contributed by atoms with Crippen molar-refractivity contribution < 1.29 is 14.3 Å². The Balaban J connectivity index is 1.57. The van der Waals surface area contributed by atoms with Gasteiger partial charge in [0, 0.05) is 29.0 Å². The highest BCUT2D eigenvalue weighted by molar-refractivity contribution is 6.30. The molecule has 0 aliphatic heterocycles. The molecule has 0 radical (unpaired) electrons. The lowest BCUT2D eigenvalue weighted by Gasteiger charge is -2.12. The van der Waals surface area contributed by atoms with E-state index >= 15 is 0 Å². The molecule has 158 valence electrons. The molecule has 0 unspecified atom stereocenters. The Kier molecular flexibility index (Phi) is 5.64. The van der Waals surface area contributed by atoms with Crippen LogP contribution in [-0.2, 0) is 11.3 Å². The summed E-state index contributed by atoms with van der Waals surface area (Å²) in [5.41, 5.74) is 1.99. The van der Waals surface area contributed by atoms with Gasteiger partial charge in [-0.25, -0.2) is 4.52 Å². The van der Waals surface area contributed by atoms with E-state index in [2.05, 4.69) is 10.4 Å². The Bertz CT molecular complexity index is 1310. The van der Waals surface area contributed by atoms with Gasteiger partial charge in [-0.05, 0) is 30.3 Å². The van der Waals surface area contributed by atoms with Crippen molar-refractivity contribution in [1.82, 2.24) is 14.2 Å². The average molecular weight is 439 g/mol. The molecule has 0 saturated heterocycles. The molecule has 0 fully saturated rings. The summed E-state index contributed by atoms with van der Waals surface area (Å²) in [6.45, 7) is -0.161. The Morgan fingerprint density at radius 3 is 2.55 bits per heavy atom. The van der Waals surface area contributed by atoms with Gasteiger partial charge in [0.2, 0.25) is 5.91 Å². The predicted octanol–water partition coefficient (Wildman–Crippen LogP) is 3.47. The number of aromatic nitrogens is 3. The fourth-order valence-corrected chi connectivity index (χ4v) is 3.28. The van der Waals surface area contributed by atoms with Gasteiger partial charge in [0.1, 0.15) is 23.6 Å². The molecule has 8 nitrogen and oxygen atoms in total. The quantitative estimate of drug-likeness (QED) is 0.498. The highest BCUT2D eigenvalue weighted by atomic mass is 35.5. The summed E-state index contributed by atoms with van der Waals surface area (Å²) in [4.78, 5) is 25.4. The third kappa shape index (κ3) is 4.24. The first-order valence-corrected chi connectivity index (χ1v) is 9.73. The second kappa shape index (κ2) is 8.53. The molecule has 1 amide bonds. The van der Waals surface area contributed by atoms with Crippen molar-refractivity contribution in [2.75, 3.05) is 19.5 Å². The van der Waals surface area contributed by atoms with Gasteiger partial charge in [-0.2, -0.15) is 5.10 Å². The van der Waals surface area contributed by atoms with E-state index in [1.807, 2.05) is 12.1 Å². The monoisotopic (exact) mass is 438 g/mol. The Labute approximate surface area is 182 Å². The molecule has 0 saturated carbocycles. The van der Waals surface area contributed by atoms with Crippen molar-refractivity contribution in [1.29, 1.82) is 0 Å². The van der Waals surface area contributed by atoms with Gasteiger partial charge in [-0.15, -0.1) is 0 Å². The van der Waals surface area contributed by atoms with Crippen molar-refractivity contribution >= 4 is 28.7 Å². The minimum atomic E-state index is -0.368. The van der Waals surface area contributed by atoms with Crippen LogP contribution in [0.5, 0.6) is 11.5 Å². The van der Waals surface area contributed by atoms with Crippen molar-refractivity contribution in [3.8, 4) is 22.8 Å². The first kappa shape index (κ1) is 20.5. The zero-order chi connectivity index (χ0) is 22.0. The fraction of sp³-hybridized carbons (Fsp3) is 0.136. The number of anilines is 1. The topological polar surface area (TPSA) is 86.9 Å². The molecule has 0 bridgehead atoms. The highest BCUT2D eigenvalue weighted by Crippen LogP contribution is 2.29. The Morgan fingerprint density at radius 2 is 1.84 bits per heavy atom. The van der Waals surface area contributed by atoms with Gasteiger partial charge in [-0.1, -0.05) is 23.7 Å². The predicted molar refractivity (Wildman–Crippen MR) is 118 cm³/mol. The maximum absolute atomic E-state index is 12.9. The average Bonchev–Trinajstić information content (AvgIpc) is 3.21. The lowest BCUT2D eigenvalue weighted by molar-refractivity contribution is -0.116. The molecule has 1 N–H and O–H groups in total. The van der Waals surface area contributed by atoms with Crippen LogP contribution in [0.4, 0.5) is 5.69 Å². The first-order chi connectivity index (χ1) is 15.0. The van der Waals surface area contributed by atoms with E-state index in [4.69, 9.17) is 21.1 Å². The normalized spacial score (nSPS) is 10.8. The third-order valence-corrected chi connectivity index (χ3v) is 4.99. The summed E-state index contributed by atoms with van der Waals surface area (Å²) in [6, 6.07) is 13.9. The number of benzene rings is 2. The number of hydrogen-bond donors (Lipinski definition) is 1. The van der Waals surface area contributed by atoms with Gasteiger partial charge in [-0.3, -0.25) is 9.59 Å². The highest BCUT2D eigenvalue weighted by Gasteiger charge is 2.13. The molecule has 2 aromatic heterocycles. The van der Waals surface area contributed by atoms with Crippen LogP contribution in [-0.4, -0.2) is 34.3 Å². The summed E-state index contributed by atoms with van der Waals surface area (Å²) in [5.74, 6) is 0.694. The number of methoxy groups -OCH3 is 2. The molecule has 0 atom stereocenters. The molecular formula is C22H19ClN4O4. The molecule has 0 aliphatic carbocycles. The van der Waals surface area contributed by atoms with E-state index in [0.717, 1.165) is 5.56 Å². The molecule has 0 spiro atoms. The number of carbonyl (C=O) groups is 1. The van der Waals surface area contributed by atoms with Crippen LogP contribution in [0.2, 0.25) is 5.02 Å². The SMILES string of the molecule is COc1ccc(NC(=O)Cn2ccn3nc(-c4ccc(Cl)cc4)cc3c2=O)c(OC)c1. The fourth-order valence-electron chi connectivity index (χ4n) is 3.16. The van der Waals surface area contributed by atoms with E-state index < -0.39 is 0 Å². The summed E-state index contributed by atoms with van der Waals surface area (Å²) < 4.78 is 13.3. The van der Waals surface area contributed by atoms with Gasteiger partial charge in [0.05, 0.1) is 25.6 Å². The van der Waals surface area contributed by atoms with Crippen LogP contribution in [0, 0.1) is 0 Å². The minimum absolute atomic E-state index is 0.161. The number of carbonyl (C=O) groups excluding carboxylic acids is 1. The molecule has 4 aromatic rings. The van der Waals surface area contributed by atoms with E-state index in [0.29, 0.717) is 33.4 Å². The molecule has 0 aliphatic rings. The first-order valence-electron chi connectivity index (χ1n) is 9.35. The van der Waals surface area contributed by atoms with Gasteiger partial charge in [0.15, 0.2) is 0 Å². The summed E-state index contributed by atoms with van der Waals surface area (Å²) in [6.07, 6.45) is 3.16. The number of fused-ring (bicyclic) bond motifs is 1. The number of rotatable bonds is 6. The van der Waals surface area contributed by atoms with E-state index in [1.165, 1.54) is 22.4 Å². The van der Waals surface area contributed by atoms with Crippen LogP contribution in [0.1, 0.15) is 0 Å². The molecule has 31 heavy (non-hydrogen) atoms. The smallest absolute Gasteiger partial charge is 0.277 e. The van der Waals surface area contributed by atoms with Crippen molar-refractivity contribution in [3.05, 3.63) is 76.3 Å². The Morgan fingerprint density at radius 1 is 1.06 bits per heavy atom. The third-order valence-electron chi connectivity index (χ3n) is 4.74. The molecular weight excluding hydrogens is 420 g/mol. The van der Waals surface area contributed by atoms with Crippen LogP contribution in [0.15, 0.2) is 65.7 Å². The van der Waals surface area contributed by atoms with E-state index in [-0.39, 0.29) is 18.0 Å². The zero-order valence-electron chi connectivity index (χ0n) is 16.8. The lowest BCUT2D eigenvalue weighted by atomic mass is 10.1. The van der Waals surface area contributed by atoms with E-state index in [1.54, 1.807) is 49.7 Å². The standard InChI is InChI=1S/C22H19ClN4O4/c1-30-16-7-8-17(20(11-16)31-2)24-21(28)13-26-9-10-27-19(22(26)29)12-18(25-27)14-3-5-15(23)6-4-14/h3-12H,13H2,1-2H3,(H,24,28). The van der Waals surface area contributed by atoms with Gasteiger partial charge < -0.3 is 19.4 Å². The second-order valence-corrected chi connectivity index (χ2v) is 7.15. The Hall–Kier alpha value is -3.78. The van der Waals surface area contributed by atoms with E-state index in [9.17, 15) is 9.59 Å². The van der Waals surface area contributed by atoms with Crippen molar-refractivity contribution in [2.45, 2.75) is 6.54 Å². The second-order valence-electron chi connectivity index (χ2n) is 6.71. The number of amides is 1. The van der Waals surface area contributed by atoms with Crippen molar-refractivity contribution in [2.24, 2.45) is 0 Å². The number of ether oxygens (including phenoxy) is 2. The largest absolute Gasteiger partial charge is 0.497 e. The summed E-state index contributed by atoms with van der Waals surface area (Å²) >= 11 is 5.93. The number of nitrogens with one attached hydrogen (secondary N) is 1. The zero-order valence-corrected chi connectivity index (χ0v) is 17.6. The lowest BCUT2D eigenvalue weighted by Crippen LogP contribution is -2.28. The van der Waals surface area contributed by atoms with Crippen LogP contribution >= 0.6 is 11.6 Å². The summed E-state index contributed by atoms with van der Waals surface area (Å²) in [5, 5.41) is 7.81. The molecule has 2 heterocycles. The van der Waals surface area contributed by atoms with Crippen LogP contribution in [0.25, 0.3) is 16.8 Å². The van der Waals surface area contributed by atoms with Crippen molar-refractivity contribution in [3.63, 3.8) is 0 Å². The van der Waals surface area contributed by atoms with Crippen LogP contribution in [0.3, 0.4) is 0 Å².